The summed E-state index contributed by atoms with van der Waals surface area (Å²) in [5.74, 6) is 0.960. The zero-order chi connectivity index (χ0) is 14.0. The Morgan fingerprint density at radius 2 is 2.11 bits per heavy atom. The van der Waals surface area contributed by atoms with E-state index in [0.29, 0.717) is 0 Å². The molecule has 2 aromatic rings. The van der Waals surface area contributed by atoms with Gasteiger partial charge in [-0.2, -0.15) is 0 Å². The lowest BCUT2D eigenvalue weighted by molar-refractivity contribution is 0.814. The van der Waals surface area contributed by atoms with Gasteiger partial charge in [0, 0.05) is 31.3 Å². The van der Waals surface area contributed by atoms with Gasteiger partial charge in [0.25, 0.3) is 0 Å². The van der Waals surface area contributed by atoms with Crippen molar-refractivity contribution >= 4 is 27.6 Å². The van der Waals surface area contributed by atoms with E-state index < -0.39 is 0 Å². The summed E-state index contributed by atoms with van der Waals surface area (Å²) in [6.45, 7) is 2.84. The Labute approximate surface area is 122 Å². The Kier molecular flexibility index (Phi) is 4.14. The Bertz CT molecular complexity index is 575. The van der Waals surface area contributed by atoms with Gasteiger partial charge in [-0.25, -0.2) is 4.98 Å². The summed E-state index contributed by atoms with van der Waals surface area (Å²) in [5, 5.41) is 3.41. The van der Waals surface area contributed by atoms with Gasteiger partial charge in [0.15, 0.2) is 0 Å². The number of rotatable bonds is 4. The summed E-state index contributed by atoms with van der Waals surface area (Å²) in [6, 6.07) is 6.28. The molecule has 0 saturated carbocycles. The number of nitrogens with zero attached hydrogens (tertiary/aromatic N) is 3. The number of anilines is 2. The molecule has 1 heterocycles. The second-order valence-corrected chi connectivity index (χ2v) is 5.67. The van der Waals surface area contributed by atoms with Crippen molar-refractivity contribution in [1.82, 2.24) is 9.55 Å². The molecule has 0 atom stereocenters. The normalized spacial score (nSPS) is 10.6. The number of nitrogens with one attached hydrogen (secondary N) is 1. The summed E-state index contributed by atoms with van der Waals surface area (Å²) in [7, 11) is 6.03. The van der Waals surface area contributed by atoms with Crippen LogP contribution in [-0.2, 0) is 13.6 Å². The van der Waals surface area contributed by atoms with E-state index in [1.165, 1.54) is 5.56 Å². The van der Waals surface area contributed by atoms with Gasteiger partial charge in [-0.15, -0.1) is 0 Å². The van der Waals surface area contributed by atoms with Crippen molar-refractivity contribution in [3.05, 3.63) is 40.1 Å². The predicted molar refractivity (Wildman–Crippen MR) is 83.7 cm³/mol. The maximum absolute atomic E-state index is 4.40. The molecule has 4 nitrogen and oxygen atoms in total. The lowest BCUT2D eigenvalue weighted by Gasteiger charge is -2.13. The van der Waals surface area contributed by atoms with Gasteiger partial charge in [-0.05, 0) is 24.6 Å². The number of benzene rings is 1. The molecular formula is C14H19BrN4. The van der Waals surface area contributed by atoms with Gasteiger partial charge < -0.3 is 14.8 Å². The summed E-state index contributed by atoms with van der Waals surface area (Å²) < 4.78 is 3.22. The number of aromatic nitrogens is 2. The highest BCUT2D eigenvalue weighted by Crippen LogP contribution is 2.21. The second kappa shape index (κ2) is 5.65. The fourth-order valence-corrected chi connectivity index (χ4v) is 2.29. The van der Waals surface area contributed by atoms with E-state index in [-0.39, 0.29) is 0 Å². The van der Waals surface area contributed by atoms with E-state index in [4.69, 9.17) is 0 Å². The third kappa shape index (κ3) is 3.10. The molecule has 0 spiro atoms. The first-order valence-corrected chi connectivity index (χ1v) is 6.96. The van der Waals surface area contributed by atoms with E-state index >= 15 is 0 Å². The minimum atomic E-state index is 0.757. The van der Waals surface area contributed by atoms with Crippen molar-refractivity contribution in [1.29, 1.82) is 0 Å². The quantitative estimate of drug-likeness (QED) is 0.938. The van der Waals surface area contributed by atoms with Gasteiger partial charge in [0.2, 0.25) is 5.95 Å². The molecule has 102 valence electrons. The SMILES string of the molecule is Cc1ccc(NCc2cnc(N(C)C)n2C)cc1Br. The Hall–Kier alpha value is -1.49. The van der Waals surface area contributed by atoms with Crippen LogP contribution >= 0.6 is 15.9 Å². The molecule has 0 amide bonds. The van der Waals surface area contributed by atoms with Crippen LogP contribution in [0.25, 0.3) is 0 Å². The first-order chi connectivity index (χ1) is 8.99. The third-order valence-electron chi connectivity index (χ3n) is 3.11. The molecule has 0 bridgehead atoms. The van der Waals surface area contributed by atoms with E-state index in [0.717, 1.165) is 28.3 Å². The van der Waals surface area contributed by atoms with E-state index in [1.807, 2.05) is 32.2 Å². The van der Waals surface area contributed by atoms with E-state index in [9.17, 15) is 0 Å². The Morgan fingerprint density at radius 1 is 1.37 bits per heavy atom. The molecule has 5 heteroatoms. The molecule has 0 radical (unpaired) electrons. The number of hydrogen-bond donors (Lipinski definition) is 1. The molecule has 0 saturated heterocycles. The van der Waals surface area contributed by atoms with Gasteiger partial charge in [-0.1, -0.05) is 22.0 Å². The summed E-state index contributed by atoms with van der Waals surface area (Å²) in [5.41, 5.74) is 3.49. The zero-order valence-corrected chi connectivity index (χ0v) is 13.3. The first-order valence-electron chi connectivity index (χ1n) is 6.17. The largest absolute Gasteiger partial charge is 0.379 e. The number of halogens is 1. The first kappa shape index (κ1) is 13.9. The summed E-state index contributed by atoms with van der Waals surface area (Å²) in [6.07, 6.45) is 1.91. The van der Waals surface area contributed by atoms with Crippen LogP contribution in [0.15, 0.2) is 28.9 Å². The minimum absolute atomic E-state index is 0.757. The smallest absolute Gasteiger partial charge is 0.204 e. The molecule has 2 rings (SSSR count). The maximum Gasteiger partial charge on any atom is 0.204 e. The number of aryl methyl sites for hydroxylation is 1. The molecule has 0 aliphatic rings. The van der Waals surface area contributed by atoms with Crippen molar-refractivity contribution in [3.63, 3.8) is 0 Å². The van der Waals surface area contributed by atoms with Crippen LogP contribution in [0.5, 0.6) is 0 Å². The molecule has 1 aromatic heterocycles. The topological polar surface area (TPSA) is 33.1 Å². The Morgan fingerprint density at radius 3 is 2.68 bits per heavy atom. The number of hydrogen-bond acceptors (Lipinski definition) is 3. The second-order valence-electron chi connectivity index (χ2n) is 4.82. The van der Waals surface area contributed by atoms with Gasteiger partial charge in [0.1, 0.15) is 0 Å². The lowest BCUT2D eigenvalue weighted by Crippen LogP contribution is -2.15. The minimum Gasteiger partial charge on any atom is -0.379 e. The molecule has 19 heavy (non-hydrogen) atoms. The van der Waals surface area contributed by atoms with Gasteiger partial charge >= 0.3 is 0 Å². The average molecular weight is 323 g/mol. The van der Waals surface area contributed by atoms with Gasteiger partial charge in [0.05, 0.1) is 18.4 Å². The molecule has 1 aromatic carbocycles. The van der Waals surface area contributed by atoms with Crippen LogP contribution in [0.2, 0.25) is 0 Å². The highest BCUT2D eigenvalue weighted by atomic mass is 79.9. The van der Waals surface area contributed by atoms with Gasteiger partial charge in [-0.3, -0.25) is 0 Å². The predicted octanol–water partition coefficient (Wildman–Crippen LogP) is 3.17. The maximum atomic E-state index is 4.40. The van der Waals surface area contributed by atoms with E-state index in [2.05, 4.69) is 55.9 Å². The fourth-order valence-electron chi connectivity index (χ4n) is 1.91. The zero-order valence-electron chi connectivity index (χ0n) is 11.7. The van der Waals surface area contributed by atoms with Crippen LogP contribution in [0.3, 0.4) is 0 Å². The monoisotopic (exact) mass is 322 g/mol. The Balaban J connectivity index is 2.08. The van der Waals surface area contributed by atoms with Crippen LogP contribution in [0, 0.1) is 6.92 Å². The molecule has 1 N–H and O–H groups in total. The highest BCUT2D eigenvalue weighted by Gasteiger charge is 2.07. The van der Waals surface area contributed by atoms with Crippen molar-refractivity contribution in [2.24, 2.45) is 7.05 Å². The molecule has 0 fully saturated rings. The van der Waals surface area contributed by atoms with Crippen molar-refractivity contribution < 1.29 is 0 Å². The van der Waals surface area contributed by atoms with Crippen LogP contribution in [0.1, 0.15) is 11.3 Å². The summed E-state index contributed by atoms with van der Waals surface area (Å²) in [4.78, 5) is 6.40. The lowest BCUT2D eigenvalue weighted by atomic mass is 10.2. The van der Waals surface area contributed by atoms with Crippen LogP contribution in [-0.4, -0.2) is 23.6 Å². The van der Waals surface area contributed by atoms with E-state index in [1.54, 1.807) is 0 Å². The van der Waals surface area contributed by atoms with Crippen molar-refractivity contribution in [2.75, 3.05) is 24.3 Å². The average Bonchev–Trinajstić information content (AvgIpc) is 2.72. The molecular weight excluding hydrogens is 304 g/mol. The summed E-state index contributed by atoms with van der Waals surface area (Å²) >= 11 is 3.55. The standard InChI is InChI=1S/C14H19BrN4/c1-10-5-6-11(7-13(10)15)16-8-12-9-17-14(18(2)3)19(12)4/h5-7,9,16H,8H2,1-4H3. The highest BCUT2D eigenvalue weighted by molar-refractivity contribution is 9.10. The van der Waals surface area contributed by atoms with Crippen LogP contribution < -0.4 is 10.2 Å². The van der Waals surface area contributed by atoms with Crippen molar-refractivity contribution in [3.8, 4) is 0 Å². The molecule has 0 aliphatic carbocycles. The number of imidazole rings is 1. The fraction of sp³-hybridized carbons (Fsp3) is 0.357. The third-order valence-corrected chi connectivity index (χ3v) is 3.96. The van der Waals surface area contributed by atoms with Crippen molar-refractivity contribution in [2.45, 2.75) is 13.5 Å². The van der Waals surface area contributed by atoms with Crippen LogP contribution in [0.4, 0.5) is 11.6 Å². The molecule has 0 aliphatic heterocycles. The molecule has 0 unspecified atom stereocenters.